The molecule has 1 aliphatic rings. The zero-order chi connectivity index (χ0) is 16.8. The Hall–Kier alpha value is -2.12. The Morgan fingerprint density at radius 3 is 2.83 bits per heavy atom. The molecule has 1 heterocycles. The van der Waals surface area contributed by atoms with E-state index in [0.717, 1.165) is 6.42 Å². The van der Waals surface area contributed by atoms with Crippen LogP contribution >= 0.6 is 11.6 Å². The van der Waals surface area contributed by atoms with E-state index in [0.29, 0.717) is 13.0 Å². The topological polar surface area (TPSA) is 93.7 Å². The summed E-state index contributed by atoms with van der Waals surface area (Å²) in [4.78, 5) is 35.1. The van der Waals surface area contributed by atoms with E-state index >= 15 is 0 Å². The molecule has 8 heteroatoms. The number of ether oxygens (including phenoxy) is 2. The third-order valence-electron chi connectivity index (χ3n) is 3.31. The molecule has 0 saturated carbocycles. The lowest BCUT2D eigenvalue weighted by atomic mass is 10.2. The first-order valence-corrected chi connectivity index (χ1v) is 7.46. The molecule has 2 rings (SSSR count). The molecule has 1 atom stereocenters. The van der Waals surface area contributed by atoms with E-state index in [1.165, 1.54) is 25.3 Å². The summed E-state index contributed by atoms with van der Waals surface area (Å²) in [5.41, 5.74) is 0.529. The molecular weight excluding hydrogens is 324 g/mol. The van der Waals surface area contributed by atoms with Crippen molar-refractivity contribution in [3.63, 3.8) is 0 Å². The van der Waals surface area contributed by atoms with Gasteiger partial charge in [0.25, 0.3) is 0 Å². The number of benzene rings is 1. The SMILES string of the molecule is COC(=O)c1ccc(Cl)c(NC(=O)CNC(=O)C2CCCO2)c1. The predicted octanol–water partition coefficient (Wildman–Crippen LogP) is 1.36. The van der Waals surface area contributed by atoms with Crippen molar-refractivity contribution < 1.29 is 23.9 Å². The third-order valence-corrected chi connectivity index (χ3v) is 3.64. The second-order valence-electron chi connectivity index (χ2n) is 4.95. The van der Waals surface area contributed by atoms with Crippen molar-refractivity contribution >= 4 is 35.1 Å². The average Bonchev–Trinajstić information content (AvgIpc) is 3.08. The molecule has 0 aliphatic carbocycles. The molecule has 2 amide bonds. The Morgan fingerprint density at radius 1 is 1.39 bits per heavy atom. The molecule has 7 nitrogen and oxygen atoms in total. The number of amides is 2. The second-order valence-corrected chi connectivity index (χ2v) is 5.36. The Balaban J connectivity index is 1.91. The lowest BCUT2D eigenvalue weighted by molar-refractivity contribution is -0.131. The van der Waals surface area contributed by atoms with Gasteiger partial charge in [-0.25, -0.2) is 4.79 Å². The van der Waals surface area contributed by atoms with E-state index in [-0.39, 0.29) is 28.7 Å². The van der Waals surface area contributed by atoms with Crippen LogP contribution in [0.25, 0.3) is 0 Å². The van der Waals surface area contributed by atoms with Crippen LogP contribution in [0.5, 0.6) is 0 Å². The summed E-state index contributed by atoms with van der Waals surface area (Å²) in [5, 5.41) is 5.32. The van der Waals surface area contributed by atoms with Crippen LogP contribution in [0.3, 0.4) is 0 Å². The van der Waals surface area contributed by atoms with Gasteiger partial charge in [0, 0.05) is 6.61 Å². The van der Waals surface area contributed by atoms with Crippen molar-refractivity contribution in [3.05, 3.63) is 28.8 Å². The van der Waals surface area contributed by atoms with Gasteiger partial charge < -0.3 is 20.1 Å². The zero-order valence-corrected chi connectivity index (χ0v) is 13.3. The molecule has 0 bridgehead atoms. The molecule has 1 saturated heterocycles. The molecule has 0 aromatic heterocycles. The molecule has 1 fully saturated rings. The number of hydrogen-bond acceptors (Lipinski definition) is 5. The standard InChI is InChI=1S/C15H17ClN2O5/c1-22-15(21)9-4-5-10(16)11(7-9)18-13(19)8-17-14(20)12-3-2-6-23-12/h4-5,7,12H,2-3,6,8H2,1H3,(H,17,20)(H,18,19). The number of esters is 1. The first-order valence-electron chi connectivity index (χ1n) is 7.08. The molecule has 0 radical (unpaired) electrons. The van der Waals surface area contributed by atoms with Crippen LogP contribution < -0.4 is 10.6 Å². The maximum absolute atomic E-state index is 11.9. The second kappa shape index (κ2) is 7.94. The van der Waals surface area contributed by atoms with E-state index in [1.54, 1.807) is 0 Å². The fraction of sp³-hybridized carbons (Fsp3) is 0.400. The number of methoxy groups -OCH3 is 1. The minimum Gasteiger partial charge on any atom is -0.465 e. The number of carbonyl (C=O) groups excluding carboxylic acids is 3. The van der Waals surface area contributed by atoms with Gasteiger partial charge in [-0.05, 0) is 31.0 Å². The van der Waals surface area contributed by atoms with Gasteiger partial charge in [-0.2, -0.15) is 0 Å². The molecule has 1 aromatic rings. The zero-order valence-electron chi connectivity index (χ0n) is 12.6. The van der Waals surface area contributed by atoms with E-state index in [9.17, 15) is 14.4 Å². The van der Waals surface area contributed by atoms with Crippen LogP contribution in [0.2, 0.25) is 5.02 Å². The summed E-state index contributed by atoms with van der Waals surface area (Å²) >= 11 is 5.98. The number of halogens is 1. The highest BCUT2D eigenvalue weighted by Gasteiger charge is 2.23. The van der Waals surface area contributed by atoms with Crippen LogP contribution in [0.15, 0.2) is 18.2 Å². The molecule has 0 spiro atoms. The molecule has 1 aliphatic heterocycles. The van der Waals surface area contributed by atoms with E-state index < -0.39 is 18.0 Å². The monoisotopic (exact) mass is 340 g/mol. The van der Waals surface area contributed by atoms with Gasteiger partial charge in [-0.3, -0.25) is 9.59 Å². The van der Waals surface area contributed by atoms with Gasteiger partial charge in [0.15, 0.2) is 0 Å². The van der Waals surface area contributed by atoms with Crippen LogP contribution in [-0.4, -0.2) is 44.1 Å². The lowest BCUT2D eigenvalue weighted by Crippen LogP contribution is -2.39. The van der Waals surface area contributed by atoms with Gasteiger partial charge in [-0.15, -0.1) is 0 Å². The van der Waals surface area contributed by atoms with Crippen LogP contribution in [0, 0.1) is 0 Å². The maximum Gasteiger partial charge on any atom is 0.337 e. The van der Waals surface area contributed by atoms with Crippen LogP contribution in [0.4, 0.5) is 5.69 Å². The summed E-state index contributed by atoms with van der Waals surface area (Å²) in [6.45, 7) is 0.345. The minimum atomic E-state index is -0.538. The summed E-state index contributed by atoms with van der Waals surface area (Å²) in [6.07, 6.45) is 0.995. The Labute approximate surface area is 138 Å². The molecule has 23 heavy (non-hydrogen) atoms. The summed E-state index contributed by atoms with van der Waals surface area (Å²) in [5.74, 6) is -1.31. The highest BCUT2D eigenvalue weighted by atomic mass is 35.5. The number of rotatable bonds is 5. The van der Waals surface area contributed by atoms with Crippen molar-refractivity contribution in [2.45, 2.75) is 18.9 Å². The molecule has 1 aromatic carbocycles. The van der Waals surface area contributed by atoms with E-state index in [2.05, 4.69) is 15.4 Å². The van der Waals surface area contributed by atoms with Gasteiger partial charge >= 0.3 is 5.97 Å². The van der Waals surface area contributed by atoms with Crippen LogP contribution in [0.1, 0.15) is 23.2 Å². The number of anilines is 1. The summed E-state index contributed by atoms with van der Waals surface area (Å²) < 4.78 is 9.83. The van der Waals surface area contributed by atoms with Crippen molar-refractivity contribution in [1.82, 2.24) is 5.32 Å². The quantitative estimate of drug-likeness (QED) is 0.789. The highest BCUT2D eigenvalue weighted by molar-refractivity contribution is 6.33. The minimum absolute atomic E-state index is 0.211. The first kappa shape index (κ1) is 17.2. The van der Waals surface area contributed by atoms with Crippen molar-refractivity contribution in [2.75, 3.05) is 25.6 Å². The average molecular weight is 341 g/mol. The third kappa shape index (κ3) is 4.67. The highest BCUT2D eigenvalue weighted by Crippen LogP contribution is 2.23. The van der Waals surface area contributed by atoms with Crippen molar-refractivity contribution in [3.8, 4) is 0 Å². The predicted molar refractivity (Wildman–Crippen MR) is 83.4 cm³/mol. The molecule has 124 valence electrons. The van der Waals surface area contributed by atoms with Gasteiger partial charge in [0.05, 0.1) is 29.9 Å². The summed E-state index contributed by atoms with van der Waals surface area (Å²) in [6, 6.07) is 4.38. The first-order chi connectivity index (χ1) is 11.0. The van der Waals surface area contributed by atoms with Gasteiger partial charge in [-0.1, -0.05) is 11.6 Å². The Bertz CT molecular complexity index is 614. The number of hydrogen-bond donors (Lipinski definition) is 2. The molecule has 2 N–H and O–H groups in total. The van der Waals surface area contributed by atoms with Crippen molar-refractivity contribution in [1.29, 1.82) is 0 Å². The molecular formula is C15H17ClN2O5. The van der Waals surface area contributed by atoms with Gasteiger partial charge in [0.1, 0.15) is 6.10 Å². The largest absolute Gasteiger partial charge is 0.465 e. The fourth-order valence-electron chi connectivity index (χ4n) is 2.13. The fourth-order valence-corrected chi connectivity index (χ4v) is 2.29. The number of carbonyl (C=O) groups is 3. The Morgan fingerprint density at radius 2 is 2.17 bits per heavy atom. The maximum atomic E-state index is 11.9. The molecule has 1 unspecified atom stereocenters. The Kier molecular flexibility index (Phi) is 5.95. The lowest BCUT2D eigenvalue weighted by Gasteiger charge is -2.12. The summed E-state index contributed by atoms with van der Waals surface area (Å²) in [7, 11) is 1.26. The van der Waals surface area contributed by atoms with E-state index in [4.69, 9.17) is 16.3 Å². The smallest absolute Gasteiger partial charge is 0.337 e. The van der Waals surface area contributed by atoms with Crippen molar-refractivity contribution in [2.24, 2.45) is 0 Å². The van der Waals surface area contributed by atoms with Gasteiger partial charge in [0.2, 0.25) is 11.8 Å². The van der Waals surface area contributed by atoms with E-state index in [1.807, 2.05) is 0 Å². The normalized spacial score (nSPS) is 16.7. The van der Waals surface area contributed by atoms with Crippen LogP contribution in [-0.2, 0) is 19.1 Å². The number of nitrogens with one attached hydrogen (secondary N) is 2.